The van der Waals surface area contributed by atoms with E-state index in [1.807, 2.05) is 6.92 Å². The molecule has 2 N–H and O–H groups in total. The number of carbonyl (C=O) groups excluding carboxylic acids is 2. The lowest BCUT2D eigenvalue weighted by Crippen LogP contribution is -2.69. The van der Waals surface area contributed by atoms with Crippen molar-refractivity contribution in [2.45, 2.75) is 94.8 Å². The smallest absolute Gasteiger partial charge is 0.331 e. The molecule has 38 heavy (non-hydrogen) atoms. The monoisotopic (exact) mass is 530 g/mol. The fourth-order valence-electron chi connectivity index (χ4n) is 9.53. The number of fused-ring (bicyclic) bond motifs is 7. The molecule has 5 fully saturated rings. The Morgan fingerprint density at radius 3 is 2.66 bits per heavy atom. The Morgan fingerprint density at radius 1 is 1.11 bits per heavy atom. The number of Topliss-reactive ketones (excluding diaryl/α,β-unsaturated/α-hetero) is 1. The van der Waals surface area contributed by atoms with Gasteiger partial charge in [-0.1, -0.05) is 18.6 Å². The van der Waals surface area contributed by atoms with Crippen molar-refractivity contribution in [2.75, 3.05) is 20.3 Å². The highest BCUT2D eigenvalue weighted by Gasteiger charge is 2.71. The second kappa shape index (κ2) is 8.21. The minimum Gasteiger partial charge on any atom is -0.458 e. The first-order chi connectivity index (χ1) is 18.0. The predicted molar refractivity (Wildman–Crippen MR) is 131 cm³/mol. The van der Waals surface area contributed by atoms with Crippen molar-refractivity contribution >= 4 is 11.8 Å². The summed E-state index contributed by atoms with van der Waals surface area (Å²) in [6, 6.07) is 0. The zero-order valence-electron chi connectivity index (χ0n) is 22.3. The van der Waals surface area contributed by atoms with Crippen LogP contribution in [-0.4, -0.2) is 78.3 Å². The van der Waals surface area contributed by atoms with Gasteiger partial charge in [0.15, 0.2) is 0 Å². The summed E-state index contributed by atoms with van der Waals surface area (Å²) < 4.78 is 29.1. The first kappa shape index (κ1) is 25.4. The maximum atomic E-state index is 14.1. The zero-order valence-corrected chi connectivity index (χ0v) is 22.3. The minimum absolute atomic E-state index is 0.0555. The van der Waals surface area contributed by atoms with Crippen LogP contribution >= 0.6 is 0 Å². The number of ketones is 1. The van der Waals surface area contributed by atoms with Crippen molar-refractivity contribution in [3.8, 4) is 0 Å². The SMILES string of the molecule is CO[C@H]1CCO[C@H]2O[C@@H]3C=C4CC[C@H]5[C@H](CC(=O)[C@]6(C)[C@@H](C7=CC(=O)OC7)CC[C@]56O)[C@@]4(C)C[C@H]3O[C@]21O. The molecule has 0 aromatic carbocycles. The van der Waals surface area contributed by atoms with E-state index in [1.54, 1.807) is 7.11 Å². The summed E-state index contributed by atoms with van der Waals surface area (Å²) in [7, 11) is 1.55. The maximum absolute atomic E-state index is 14.1. The molecule has 11 atom stereocenters. The van der Waals surface area contributed by atoms with Crippen LogP contribution in [0.3, 0.4) is 0 Å². The molecule has 0 amide bonds. The van der Waals surface area contributed by atoms with E-state index in [4.69, 9.17) is 23.7 Å². The molecule has 208 valence electrons. The molecule has 0 aromatic rings. The van der Waals surface area contributed by atoms with Gasteiger partial charge in [-0.15, -0.1) is 0 Å². The van der Waals surface area contributed by atoms with Gasteiger partial charge < -0.3 is 33.9 Å². The van der Waals surface area contributed by atoms with E-state index in [2.05, 4.69) is 13.0 Å². The fraction of sp³-hybridized carbons (Fsp3) is 0.793. The van der Waals surface area contributed by atoms with E-state index in [0.717, 1.165) is 18.4 Å². The van der Waals surface area contributed by atoms with Gasteiger partial charge in [-0.25, -0.2) is 4.79 Å². The summed E-state index contributed by atoms with van der Waals surface area (Å²) in [6.07, 6.45) is 5.61. The second-order valence-corrected chi connectivity index (χ2v) is 13.0. The van der Waals surface area contributed by atoms with Crippen LogP contribution < -0.4 is 0 Å². The molecule has 0 bridgehead atoms. The highest BCUT2D eigenvalue weighted by atomic mass is 16.8. The number of esters is 1. The Morgan fingerprint density at radius 2 is 1.92 bits per heavy atom. The molecule has 3 saturated carbocycles. The maximum Gasteiger partial charge on any atom is 0.331 e. The van der Waals surface area contributed by atoms with Crippen LogP contribution in [0.25, 0.3) is 0 Å². The van der Waals surface area contributed by atoms with Gasteiger partial charge in [0.25, 0.3) is 0 Å². The number of allylic oxidation sites excluding steroid dienone is 1. The highest BCUT2D eigenvalue weighted by molar-refractivity contribution is 5.90. The van der Waals surface area contributed by atoms with Crippen molar-refractivity contribution in [2.24, 2.45) is 28.6 Å². The van der Waals surface area contributed by atoms with E-state index >= 15 is 0 Å². The van der Waals surface area contributed by atoms with E-state index in [9.17, 15) is 19.8 Å². The third-order valence-corrected chi connectivity index (χ3v) is 11.6. The second-order valence-electron chi connectivity index (χ2n) is 13.0. The lowest BCUT2D eigenvalue weighted by molar-refractivity contribution is -0.442. The van der Waals surface area contributed by atoms with Crippen LogP contribution in [0.4, 0.5) is 0 Å². The molecule has 0 aromatic heterocycles. The average molecular weight is 531 g/mol. The Labute approximate surface area is 222 Å². The van der Waals surface area contributed by atoms with Crippen molar-refractivity contribution in [3.05, 3.63) is 23.3 Å². The number of ether oxygens (including phenoxy) is 5. The van der Waals surface area contributed by atoms with Crippen molar-refractivity contribution in [3.63, 3.8) is 0 Å². The molecule has 0 spiro atoms. The van der Waals surface area contributed by atoms with Crippen LogP contribution in [0.1, 0.15) is 58.8 Å². The molecule has 0 unspecified atom stereocenters. The Balaban J connectivity index is 1.21. The molecule has 7 aliphatic rings. The molecule has 9 heteroatoms. The average Bonchev–Trinajstić information content (AvgIpc) is 3.42. The van der Waals surface area contributed by atoms with Crippen LogP contribution in [0.5, 0.6) is 0 Å². The molecule has 2 saturated heterocycles. The van der Waals surface area contributed by atoms with Crippen molar-refractivity contribution in [1.82, 2.24) is 0 Å². The van der Waals surface area contributed by atoms with Gasteiger partial charge in [-0.2, -0.15) is 0 Å². The molecule has 3 heterocycles. The van der Waals surface area contributed by atoms with E-state index < -0.39 is 35.3 Å². The number of rotatable bonds is 2. The zero-order chi connectivity index (χ0) is 26.7. The first-order valence-electron chi connectivity index (χ1n) is 14.1. The normalized spacial score (nSPS) is 53.6. The van der Waals surface area contributed by atoms with Crippen molar-refractivity contribution < 1.29 is 43.5 Å². The van der Waals surface area contributed by atoms with E-state index in [0.29, 0.717) is 38.7 Å². The topological polar surface area (TPSA) is 121 Å². The largest absolute Gasteiger partial charge is 0.458 e. The van der Waals surface area contributed by atoms with Gasteiger partial charge in [0, 0.05) is 26.0 Å². The number of hydrogen-bond donors (Lipinski definition) is 2. The van der Waals surface area contributed by atoms with Gasteiger partial charge in [0.1, 0.15) is 24.6 Å². The molecule has 0 radical (unpaired) electrons. The van der Waals surface area contributed by atoms with Crippen LogP contribution in [0.15, 0.2) is 23.3 Å². The standard InChI is InChI=1S/C29H38O9/c1-26-13-21-20(37-25-29(33,38-21)23(34-3)7-9-35-25)11-16(26)4-5-18-19(26)12-22(30)27(2)17(6-8-28(18,27)32)15-10-24(31)36-14-15/h10-11,17-21,23,25,32-33H,4-9,12-14H2,1-3H3/t17-,18+,19+,20-,21-,23+,25+,26+,27+,28+,29+/m1/s1. The van der Waals surface area contributed by atoms with Crippen LogP contribution in [0, 0.1) is 28.6 Å². The number of cyclic esters (lactones) is 1. The summed E-state index contributed by atoms with van der Waals surface area (Å²) in [5.41, 5.74) is -0.408. The number of methoxy groups -OCH3 is 1. The predicted octanol–water partition coefficient (Wildman–Crippen LogP) is 2.19. The van der Waals surface area contributed by atoms with E-state index in [-0.39, 0.29) is 47.6 Å². The summed E-state index contributed by atoms with van der Waals surface area (Å²) in [5, 5.41) is 23.9. The van der Waals surface area contributed by atoms with Gasteiger partial charge in [0.05, 0.1) is 23.7 Å². The lowest BCUT2D eigenvalue weighted by atomic mass is 9.44. The fourth-order valence-corrected chi connectivity index (χ4v) is 9.53. The minimum atomic E-state index is -1.70. The molecular formula is C29H38O9. The van der Waals surface area contributed by atoms with Crippen molar-refractivity contribution in [1.29, 1.82) is 0 Å². The number of hydrogen-bond acceptors (Lipinski definition) is 9. The number of aliphatic hydroxyl groups is 2. The third kappa shape index (κ3) is 3.09. The van der Waals surface area contributed by atoms with Crippen LogP contribution in [-0.2, 0) is 33.3 Å². The number of carbonyl (C=O) groups is 2. The summed E-state index contributed by atoms with van der Waals surface area (Å²) in [5.74, 6) is -2.30. The van der Waals surface area contributed by atoms with Gasteiger partial charge in [0.2, 0.25) is 12.1 Å². The van der Waals surface area contributed by atoms with E-state index in [1.165, 1.54) is 11.6 Å². The van der Waals surface area contributed by atoms with Gasteiger partial charge in [-0.05, 0) is 67.8 Å². The third-order valence-electron chi connectivity index (χ3n) is 11.6. The highest BCUT2D eigenvalue weighted by Crippen LogP contribution is 2.68. The Kier molecular flexibility index (Phi) is 5.48. The quantitative estimate of drug-likeness (QED) is 0.409. The Hall–Kier alpha value is -1.62. The Bertz CT molecular complexity index is 1130. The molecule has 7 rings (SSSR count). The summed E-state index contributed by atoms with van der Waals surface area (Å²) >= 11 is 0. The lowest BCUT2D eigenvalue weighted by Gasteiger charge is -2.62. The molecule has 3 aliphatic heterocycles. The summed E-state index contributed by atoms with van der Waals surface area (Å²) in [4.78, 5) is 25.9. The molecular weight excluding hydrogens is 492 g/mol. The molecule has 4 aliphatic carbocycles. The molecule has 9 nitrogen and oxygen atoms in total. The van der Waals surface area contributed by atoms with Crippen LogP contribution in [0.2, 0.25) is 0 Å². The summed E-state index contributed by atoms with van der Waals surface area (Å²) in [6.45, 7) is 4.73. The van der Waals surface area contributed by atoms with Gasteiger partial charge >= 0.3 is 5.97 Å². The van der Waals surface area contributed by atoms with Gasteiger partial charge in [-0.3, -0.25) is 4.79 Å². The first-order valence-corrected chi connectivity index (χ1v) is 14.1.